The summed E-state index contributed by atoms with van der Waals surface area (Å²) in [4.78, 5) is 0. The van der Waals surface area contributed by atoms with Gasteiger partial charge in [0.15, 0.2) is 0 Å². The van der Waals surface area contributed by atoms with Crippen molar-refractivity contribution in [1.82, 2.24) is 0 Å². The van der Waals surface area contributed by atoms with Crippen LogP contribution in [0.15, 0.2) is 0 Å². The molecule has 0 spiro atoms. The highest BCUT2D eigenvalue weighted by Crippen LogP contribution is 2.09. The predicted octanol–water partition coefficient (Wildman–Crippen LogP) is 2.58. The molecule has 0 aliphatic rings. The van der Waals surface area contributed by atoms with Gasteiger partial charge in [0.25, 0.3) is 0 Å². The molecule has 1 nitrogen and oxygen atoms in total. The molecule has 1 heteroatoms. The molecule has 0 aromatic heterocycles. The molecule has 0 saturated carbocycles. The Hall–Kier alpha value is -0.0400. The first-order valence-electron chi connectivity index (χ1n) is 4.34. The lowest BCUT2D eigenvalue weighted by molar-refractivity contribution is 0.155. The van der Waals surface area contributed by atoms with Crippen molar-refractivity contribution in [3.05, 3.63) is 0 Å². The third-order valence-corrected chi connectivity index (χ3v) is 1.79. The fourth-order valence-electron chi connectivity index (χ4n) is 0.966. The molecule has 0 heterocycles. The first-order chi connectivity index (χ1) is 4.66. The van der Waals surface area contributed by atoms with Crippen LogP contribution in [0.4, 0.5) is 0 Å². The summed E-state index contributed by atoms with van der Waals surface area (Å²) in [6, 6.07) is 0. The quantitative estimate of drug-likeness (QED) is 0.628. The van der Waals surface area contributed by atoms with Crippen LogP contribution in [0.3, 0.4) is 0 Å². The number of hydrogen-bond donors (Lipinski definition) is 1. The average Bonchev–Trinajstić information content (AvgIpc) is 1.87. The molecule has 0 aliphatic carbocycles. The van der Waals surface area contributed by atoms with E-state index in [4.69, 9.17) is 0 Å². The standard InChI is InChI=1S/C9H20O/c1-4-9(10)7-5-6-8(2)3/h8-10H,4-7H2,1-3H3/t9-/m0/s1. The summed E-state index contributed by atoms with van der Waals surface area (Å²) in [5.41, 5.74) is 0. The molecule has 0 fully saturated rings. The van der Waals surface area contributed by atoms with E-state index in [1.807, 2.05) is 6.92 Å². The van der Waals surface area contributed by atoms with Gasteiger partial charge in [0.1, 0.15) is 0 Å². The second-order valence-corrected chi connectivity index (χ2v) is 3.39. The second kappa shape index (κ2) is 5.72. The van der Waals surface area contributed by atoms with Crippen LogP contribution in [0, 0.1) is 5.92 Å². The van der Waals surface area contributed by atoms with E-state index in [1.54, 1.807) is 0 Å². The number of aliphatic hydroxyl groups is 1. The summed E-state index contributed by atoms with van der Waals surface area (Å²) >= 11 is 0. The smallest absolute Gasteiger partial charge is 0.0537 e. The highest BCUT2D eigenvalue weighted by Gasteiger charge is 2.00. The molecule has 0 aromatic rings. The summed E-state index contributed by atoms with van der Waals surface area (Å²) in [5, 5.41) is 9.17. The molecule has 0 saturated heterocycles. The molecule has 0 radical (unpaired) electrons. The molecular weight excluding hydrogens is 124 g/mol. The minimum atomic E-state index is -0.0567. The zero-order valence-corrected chi connectivity index (χ0v) is 7.43. The molecule has 0 rings (SSSR count). The zero-order chi connectivity index (χ0) is 7.98. The van der Waals surface area contributed by atoms with Gasteiger partial charge < -0.3 is 5.11 Å². The summed E-state index contributed by atoms with van der Waals surface area (Å²) in [6.07, 6.45) is 4.25. The van der Waals surface area contributed by atoms with E-state index in [2.05, 4.69) is 13.8 Å². The third kappa shape index (κ3) is 6.09. The Kier molecular flexibility index (Phi) is 5.70. The Labute approximate surface area is 64.5 Å². The molecule has 1 N–H and O–H groups in total. The van der Waals surface area contributed by atoms with Crippen LogP contribution in [-0.4, -0.2) is 11.2 Å². The highest BCUT2D eigenvalue weighted by atomic mass is 16.3. The van der Waals surface area contributed by atoms with E-state index < -0.39 is 0 Å². The van der Waals surface area contributed by atoms with Gasteiger partial charge in [-0.05, 0) is 18.8 Å². The molecule has 0 aliphatic heterocycles. The van der Waals surface area contributed by atoms with Crippen LogP contribution in [0.25, 0.3) is 0 Å². The van der Waals surface area contributed by atoms with Crippen molar-refractivity contribution in [2.75, 3.05) is 0 Å². The van der Waals surface area contributed by atoms with Crippen LogP contribution in [0.5, 0.6) is 0 Å². The number of aliphatic hydroxyl groups excluding tert-OH is 1. The molecule has 0 amide bonds. The molecule has 0 bridgehead atoms. The van der Waals surface area contributed by atoms with Crippen molar-refractivity contribution >= 4 is 0 Å². The summed E-state index contributed by atoms with van der Waals surface area (Å²) in [7, 11) is 0. The number of rotatable bonds is 5. The van der Waals surface area contributed by atoms with Gasteiger partial charge in [-0.3, -0.25) is 0 Å². The van der Waals surface area contributed by atoms with E-state index in [1.165, 1.54) is 12.8 Å². The minimum absolute atomic E-state index is 0.0567. The van der Waals surface area contributed by atoms with Crippen LogP contribution in [0.1, 0.15) is 46.5 Å². The summed E-state index contributed by atoms with van der Waals surface area (Å²) < 4.78 is 0. The third-order valence-electron chi connectivity index (χ3n) is 1.79. The molecule has 1 atom stereocenters. The van der Waals surface area contributed by atoms with Crippen molar-refractivity contribution in [2.24, 2.45) is 5.92 Å². The summed E-state index contributed by atoms with van der Waals surface area (Å²) in [5.74, 6) is 0.782. The molecule has 0 aromatic carbocycles. The normalized spacial score (nSPS) is 14.1. The largest absolute Gasteiger partial charge is 0.393 e. The van der Waals surface area contributed by atoms with Crippen LogP contribution >= 0.6 is 0 Å². The SMILES string of the molecule is CC[C@H](O)CCCC(C)C. The first-order valence-corrected chi connectivity index (χ1v) is 4.34. The van der Waals surface area contributed by atoms with E-state index in [0.717, 1.165) is 18.8 Å². The highest BCUT2D eigenvalue weighted by molar-refractivity contribution is 4.53. The fraction of sp³-hybridized carbons (Fsp3) is 1.00. The molecule has 10 heavy (non-hydrogen) atoms. The Bertz CT molecular complexity index is 69.1. The fourth-order valence-corrected chi connectivity index (χ4v) is 0.966. The van der Waals surface area contributed by atoms with Gasteiger partial charge in [-0.1, -0.05) is 33.6 Å². The topological polar surface area (TPSA) is 20.2 Å². The molecule has 0 unspecified atom stereocenters. The van der Waals surface area contributed by atoms with Gasteiger partial charge in [-0.25, -0.2) is 0 Å². The first kappa shape index (κ1) is 9.96. The van der Waals surface area contributed by atoms with Crippen molar-refractivity contribution in [3.8, 4) is 0 Å². The van der Waals surface area contributed by atoms with Crippen molar-refractivity contribution < 1.29 is 5.11 Å². The lowest BCUT2D eigenvalue weighted by Gasteiger charge is -2.07. The monoisotopic (exact) mass is 144 g/mol. The maximum atomic E-state index is 9.17. The van der Waals surface area contributed by atoms with E-state index in [-0.39, 0.29) is 6.10 Å². The van der Waals surface area contributed by atoms with Crippen LogP contribution < -0.4 is 0 Å². The predicted molar refractivity (Wildman–Crippen MR) is 45.0 cm³/mol. The minimum Gasteiger partial charge on any atom is -0.393 e. The van der Waals surface area contributed by atoms with Gasteiger partial charge in [-0.2, -0.15) is 0 Å². The summed E-state index contributed by atoms with van der Waals surface area (Å²) in [6.45, 7) is 6.47. The van der Waals surface area contributed by atoms with E-state index >= 15 is 0 Å². The lowest BCUT2D eigenvalue weighted by atomic mass is 10.0. The van der Waals surface area contributed by atoms with Crippen molar-refractivity contribution in [2.45, 2.75) is 52.6 Å². The Morgan fingerprint density at radius 1 is 1.20 bits per heavy atom. The van der Waals surface area contributed by atoms with Crippen molar-refractivity contribution in [1.29, 1.82) is 0 Å². The van der Waals surface area contributed by atoms with Gasteiger partial charge in [0, 0.05) is 0 Å². The van der Waals surface area contributed by atoms with Gasteiger partial charge in [0.2, 0.25) is 0 Å². The lowest BCUT2D eigenvalue weighted by Crippen LogP contribution is -2.04. The van der Waals surface area contributed by atoms with Crippen molar-refractivity contribution in [3.63, 3.8) is 0 Å². The van der Waals surface area contributed by atoms with E-state index in [0.29, 0.717) is 0 Å². The van der Waals surface area contributed by atoms with Crippen LogP contribution in [-0.2, 0) is 0 Å². The zero-order valence-electron chi connectivity index (χ0n) is 7.43. The van der Waals surface area contributed by atoms with Crippen LogP contribution in [0.2, 0.25) is 0 Å². The van der Waals surface area contributed by atoms with Gasteiger partial charge in [0.05, 0.1) is 6.10 Å². The van der Waals surface area contributed by atoms with Gasteiger partial charge >= 0.3 is 0 Å². The van der Waals surface area contributed by atoms with Gasteiger partial charge in [-0.15, -0.1) is 0 Å². The average molecular weight is 144 g/mol. The Morgan fingerprint density at radius 3 is 2.20 bits per heavy atom. The molecule has 62 valence electrons. The maximum absolute atomic E-state index is 9.17. The van der Waals surface area contributed by atoms with E-state index in [9.17, 15) is 5.11 Å². The second-order valence-electron chi connectivity index (χ2n) is 3.39. The Balaban J connectivity index is 3.03. The Morgan fingerprint density at radius 2 is 1.80 bits per heavy atom. The maximum Gasteiger partial charge on any atom is 0.0537 e. The molecular formula is C9H20O. The number of hydrogen-bond acceptors (Lipinski definition) is 1.